The molecule has 1 aromatic rings. The molecule has 13 heavy (non-hydrogen) atoms. The summed E-state index contributed by atoms with van der Waals surface area (Å²) >= 11 is 0. The highest BCUT2D eigenvalue weighted by molar-refractivity contribution is 5.94. The van der Waals surface area contributed by atoms with Crippen LogP contribution < -0.4 is 5.73 Å². The minimum atomic E-state index is 0.0787. The quantitative estimate of drug-likeness (QED) is 0.719. The van der Waals surface area contributed by atoms with Crippen molar-refractivity contribution in [2.45, 2.75) is 20.3 Å². The van der Waals surface area contributed by atoms with Crippen molar-refractivity contribution in [3.63, 3.8) is 0 Å². The number of nitrogen functional groups attached to an aromatic ring is 1. The number of Topliss-reactive ketones (excluding diaryl/α,β-unsaturated/α-hetero) is 1. The number of hydrogen-bond donors (Lipinski definition) is 1. The molecule has 3 nitrogen and oxygen atoms in total. The summed E-state index contributed by atoms with van der Waals surface area (Å²) in [6.07, 6.45) is 2.05. The highest BCUT2D eigenvalue weighted by atomic mass is 16.1. The SMILES string of the molecule is CC(C)CC(=O)c1ccc(N)cn1. The zero-order chi connectivity index (χ0) is 9.84. The van der Waals surface area contributed by atoms with Gasteiger partial charge < -0.3 is 5.73 Å². The number of aromatic nitrogens is 1. The van der Waals surface area contributed by atoms with Gasteiger partial charge in [-0.2, -0.15) is 0 Å². The van der Waals surface area contributed by atoms with Crippen molar-refractivity contribution in [3.05, 3.63) is 24.0 Å². The summed E-state index contributed by atoms with van der Waals surface area (Å²) in [5.74, 6) is 0.446. The summed E-state index contributed by atoms with van der Waals surface area (Å²) in [6.45, 7) is 4.02. The van der Waals surface area contributed by atoms with Crippen LogP contribution in [-0.4, -0.2) is 10.8 Å². The molecule has 0 aromatic carbocycles. The lowest BCUT2D eigenvalue weighted by molar-refractivity contribution is 0.0963. The molecular weight excluding hydrogens is 164 g/mol. The molecule has 0 aliphatic rings. The van der Waals surface area contributed by atoms with Crippen molar-refractivity contribution in [2.24, 2.45) is 5.92 Å². The van der Waals surface area contributed by atoms with E-state index in [2.05, 4.69) is 4.98 Å². The van der Waals surface area contributed by atoms with E-state index in [9.17, 15) is 4.79 Å². The summed E-state index contributed by atoms with van der Waals surface area (Å²) in [4.78, 5) is 15.4. The summed E-state index contributed by atoms with van der Waals surface area (Å²) < 4.78 is 0. The molecule has 0 spiro atoms. The van der Waals surface area contributed by atoms with Crippen LogP contribution in [0.4, 0.5) is 5.69 Å². The predicted molar refractivity (Wildman–Crippen MR) is 52.4 cm³/mol. The monoisotopic (exact) mass is 178 g/mol. The smallest absolute Gasteiger partial charge is 0.181 e. The summed E-state index contributed by atoms with van der Waals surface area (Å²) in [5, 5.41) is 0. The van der Waals surface area contributed by atoms with Gasteiger partial charge in [0.2, 0.25) is 0 Å². The van der Waals surface area contributed by atoms with Gasteiger partial charge in [-0.1, -0.05) is 13.8 Å². The maximum Gasteiger partial charge on any atom is 0.181 e. The Hall–Kier alpha value is -1.38. The maximum absolute atomic E-state index is 11.5. The fourth-order valence-electron chi connectivity index (χ4n) is 1.05. The second-order valence-electron chi connectivity index (χ2n) is 3.50. The third-order valence-electron chi connectivity index (χ3n) is 1.67. The van der Waals surface area contributed by atoms with Gasteiger partial charge in [0.15, 0.2) is 5.78 Å². The van der Waals surface area contributed by atoms with Crippen molar-refractivity contribution < 1.29 is 4.79 Å². The van der Waals surface area contributed by atoms with Gasteiger partial charge in [0.05, 0.1) is 11.9 Å². The van der Waals surface area contributed by atoms with Gasteiger partial charge in [0, 0.05) is 6.42 Å². The summed E-state index contributed by atoms with van der Waals surface area (Å²) in [7, 11) is 0. The number of carbonyl (C=O) groups excluding carboxylic acids is 1. The Kier molecular flexibility index (Phi) is 3.01. The molecule has 0 saturated carbocycles. The molecular formula is C10H14N2O. The Morgan fingerprint density at radius 1 is 1.54 bits per heavy atom. The molecule has 0 aliphatic heterocycles. The predicted octanol–water partition coefficient (Wildman–Crippen LogP) is 1.89. The van der Waals surface area contributed by atoms with E-state index >= 15 is 0 Å². The molecule has 0 atom stereocenters. The topological polar surface area (TPSA) is 56.0 Å². The normalized spacial score (nSPS) is 10.4. The van der Waals surface area contributed by atoms with Crippen molar-refractivity contribution in [1.82, 2.24) is 4.98 Å². The highest BCUT2D eigenvalue weighted by Gasteiger charge is 2.08. The third kappa shape index (κ3) is 2.86. The highest BCUT2D eigenvalue weighted by Crippen LogP contribution is 2.08. The zero-order valence-corrected chi connectivity index (χ0v) is 7.95. The van der Waals surface area contributed by atoms with Crippen LogP contribution in [0.25, 0.3) is 0 Å². The number of pyridine rings is 1. The molecule has 0 bridgehead atoms. The molecule has 0 saturated heterocycles. The van der Waals surface area contributed by atoms with Crippen LogP contribution in [0.5, 0.6) is 0 Å². The van der Waals surface area contributed by atoms with Crippen LogP contribution in [0.1, 0.15) is 30.8 Å². The number of carbonyl (C=O) groups is 1. The average molecular weight is 178 g/mol. The number of nitrogens with two attached hydrogens (primary N) is 1. The molecule has 1 heterocycles. The Morgan fingerprint density at radius 2 is 2.23 bits per heavy atom. The first-order chi connectivity index (χ1) is 6.09. The van der Waals surface area contributed by atoms with E-state index in [4.69, 9.17) is 5.73 Å². The Balaban J connectivity index is 2.72. The first-order valence-electron chi connectivity index (χ1n) is 4.34. The van der Waals surface area contributed by atoms with E-state index in [1.807, 2.05) is 13.8 Å². The van der Waals surface area contributed by atoms with Gasteiger partial charge in [-0.25, -0.2) is 0 Å². The lowest BCUT2D eigenvalue weighted by Gasteiger charge is -2.02. The van der Waals surface area contributed by atoms with Crippen LogP contribution in [0.15, 0.2) is 18.3 Å². The van der Waals surface area contributed by atoms with Crippen LogP contribution in [0.2, 0.25) is 0 Å². The fraction of sp³-hybridized carbons (Fsp3) is 0.400. The van der Waals surface area contributed by atoms with Crippen LogP contribution >= 0.6 is 0 Å². The van der Waals surface area contributed by atoms with Crippen LogP contribution in [0.3, 0.4) is 0 Å². The third-order valence-corrected chi connectivity index (χ3v) is 1.67. The van der Waals surface area contributed by atoms with Crippen molar-refractivity contribution >= 4 is 11.5 Å². The number of anilines is 1. The van der Waals surface area contributed by atoms with E-state index in [0.29, 0.717) is 23.7 Å². The molecule has 0 aliphatic carbocycles. The van der Waals surface area contributed by atoms with Crippen molar-refractivity contribution in [1.29, 1.82) is 0 Å². The average Bonchev–Trinajstić information content (AvgIpc) is 2.04. The number of hydrogen-bond acceptors (Lipinski definition) is 3. The first-order valence-corrected chi connectivity index (χ1v) is 4.34. The number of nitrogens with zero attached hydrogens (tertiary/aromatic N) is 1. The van der Waals surface area contributed by atoms with Gasteiger partial charge in [-0.15, -0.1) is 0 Å². The van der Waals surface area contributed by atoms with Crippen molar-refractivity contribution in [2.75, 3.05) is 5.73 Å². The van der Waals surface area contributed by atoms with Crippen molar-refractivity contribution in [3.8, 4) is 0 Å². The second-order valence-corrected chi connectivity index (χ2v) is 3.50. The van der Waals surface area contributed by atoms with Gasteiger partial charge in [0.25, 0.3) is 0 Å². The maximum atomic E-state index is 11.5. The summed E-state index contributed by atoms with van der Waals surface area (Å²) in [6, 6.07) is 3.36. The Morgan fingerprint density at radius 3 is 2.69 bits per heavy atom. The van der Waals surface area contributed by atoms with E-state index in [1.165, 1.54) is 6.20 Å². The van der Waals surface area contributed by atoms with E-state index < -0.39 is 0 Å². The molecule has 2 N–H and O–H groups in total. The largest absolute Gasteiger partial charge is 0.397 e. The molecule has 70 valence electrons. The van der Waals surface area contributed by atoms with Gasteiger partial charge in [-0.05, 0) is 18.1 Å². The lowest BCUT2D eigenvalue weighted by atomic mass is 10.1. The molecule has 1 rings (SSSR count). The first kappa shape index (κ1) is 9.71. The fourth-order valence-corrected chi connectivity index (χ4v) is 1.05. The molecule has 3 heteroatoms. The molecule has 0 unspecified atom stereocenters. The van der Waals surface area contributed by atoms with E-state index in [0.717, 1.165) is 0 Å². The number of rotatable bonds is 3. The summed E-state index contributed by atoms with van der Waals surface area (Å²) in [5.41, 5.74) is 6.54. The standard InChI is InChI=1S/C10H14N2O/c1-7(2)5-10(13)9-4-3-8(11)6-12-9/h3-4,6-7H,5,11H2,1-2H3. The van der Waals surface area contributed by atoms with E-state index in [1.54, 1.807) is 12.1 Å². The van der Waals surface area contributed by atoms with Gasteiger partial charge in [0.1, 0.15) is 5.69 Å². The molecule has 0 radical (unpaired) electrons. The Bertz CT molecular complexity index is 290. The van der Waals surface area contributed by atoms with E-state index in [-0.39, 0.29) is 5.78 Å². The molecule has 1 aromatic heterocycles. The minimum absolute atomic E-state index is 0.0787. The van der Waals surface area contributed by atoms with Gasteiger partial charge in [-0.3, -0.25) is 9.78 Å². The van der Waals surface area contributed by atoms with Gasteiger partial charge >= 0.3 is 0 Å². The minimum Gasteiger partial charge on any atom is -0.397 e. The molecule has 0 fully saturated rings. The number of ketones is 1. The Labute approximate surface area is 78.0 Å². The van der Waals surface area contributed by atoms with Crippen LogP contribution in [0, 0.1) is 5.92 Å². The molecule has 0 amide bonds. The lowest BCUT2D eigenvalue weighted by Crippen LogP contribution is -2.05. The zero-order valence-electron chi connectivity index (χ0n) is 7.95. The van der Waals surface area contributed by atoms with Crippen LogP contribution in [-0.2, 0) is 0 Å². The second kappa shape index (κ2) is 4.03.